The normalized spacial score (nSPS) is 13.5. The van der Waals surface area contributed by atoms with Crippen LogP contribution in [0.4, 0.5) is 25.8 Å². The van der Waals surface area contributed by atoms with Crippen LogP contribution in [0, 0.1) is 0 Å². The van der Waals surface area contributed by atoms with Crippen LogP contribution in [-0.2, 0) is 24.5 Å². The molecule has 2 aliphatic heterocycles. The lowest BCUT2D eigenvalue weighted by Crippen LogP contribution is -2.36. The van der Waals surface area contributed by atoms with Crippen LogP contribution in [0.5, 0.6) is 11.5 Å². The van der Waals surface area contributed by atoms with Gasteiger partial charge in [0.05, 0.1) is 25.2 Å². The van der Waals surface area contributed by atoms with Gasteiger partial charge in [0.25, 0.3) is 0 Å². The molecule has 0 aromatic heterocycles. The van der Waals surface area contributed by atoms with Crippen LogP contribution >= 0.6 is 0 Å². The number of unbranched alkanes of at least 4 members (excludes halogenated alkanes) is 45. The summed E-state index contributed by atoms with van der Waals surface area (Å²) >= 11 is 0. The number of fused-ring (bicyclic) bond motifs is 6. The molecule has 1 spiro atoms. The van der Waals surface area contributed by atoms with Gasteiger partial charge in [0.2, 0.25) is 0 Å². The third-order valence-electron chi connectivity index (χ3n) is 20.3. The van der Waals surface area contributed by atoms with Crippen molar-refractivity contribution < 1.29 is 42.9 Å². The van der Waals surface area contributed by atoms with Gasteiger partial charge in [-0.05, 0) is 55.8 Å². The van der Waals surface area contributed by atoms with Crippen molar-refractivity contribution in [2.75, 3.05) is 68.9 Å². The van der Waals surface area contributed by atoms with Gasteiger partial charge in [0.1, 0.15) is 31.3 Å². The highest BCUT2D eigenvalue weighted by Gasteiger charge is 2.53. The molecule has 0 aliphatic carbocycles. The van der Waals surface area contributed by atoms with E-state index in [4.69, 9.17) is 23.7 Å². The van der Waals surface area contributed by atoms with Gasteiger partial charge in [-0.15, -0.1) is 0 Å². The fourth-order valence-electron chi connectivity index (χ4n) is 14.2. The van der Waals surface area contributed by atoms with E-state index in [0.717, 1.165) is 49.9 Å². The molecule has 0 radical (unpaired) electrons. The molecule has 1 atom stereocenters. The van der Waals surface area contributed by atoms with Gasteiger partial charge in [0, 0.05) is 59.8 Å². The number of carbonyl (C=O) groups is 4. The van der Waals surface area contributed by atoms with Crippen LogP contribution in [-0.4, -0.2) is 83.3 Å². The van der Waals surface area contributed by atoms with Crippen molar-refractivity contribution in [2.45, 2.75) is 335 Å². The zero-order valence-corrected chi connectivity index (χ0v) is 62.9. The largest absolute Gasteiger partial charge is 0.456 e. The zero-order valence-electron chi connectivity index (χ0n) is 62.9. The molecule has 0 saturated heterocycles. The summed E-state index contributed by atoms with van der Waals surface area (Å²) in [5.41, 5.74) is 2.63. The van der Waals surface area contributed by atoms with Gasteiger partial charge >= 0.3 is 24.2 Å². The number of ether oxygens (including phenoxy) is 5. The number of rotatable bonds is 63. The summed E-state index contributed by atoms with van der Waals surface area (Å²) in [5, 5.41) is 8.84. The molecule has 0 saturated carbocycles. The zero-order chi connectivity index (χ0) is 70.3. The summed E-state index contributed by atoms with van der Waals surface area (Å²) in [6.07, 6.45) is 62.5. The molecular weight excluding hydrogens is 1230 g/mol. The summed E-state index contributed by atoms with van der Waals surface area (Å²) < 4.78 is 30.6. The number of alkyl carbamates (subject to hydrolysis) is 3. The molecule has 5 rings (SSSR count). The highest BCUT2D eigenvalue weighted by atomic mass is 16.6. The van der Waals surface area contributed by atoms with E-state index < -0.39 is 29.9 Å². The van der Waals surface area contributed by atoms with Crippen LogP contribution < -0.4 is 30.5 Å². The van der Waals surface area contributed by atoms with Crippen LogP contribution in [0.1, 0.15) is 356 Å². The standard InChI is InChI=1S/C85H139N5O9/c1-5-9-12-15-18-21-24-27-30-33-36-39-42-45-48-53-62-86-82(92)95-68-65-89(8-4)73-58-60-77-79(71-73)98-80-72-74(59-61-78(80)85(77)76-57-52-51-56-75(76)81(91)99-85)90(66-69-96-83(93)87-63-54-49-46-43-40-37-34-31-28-25-22-19-16-13-10-6-2)67-70-97-84(94)88-64-55-50-47-44-41-38-35-32-29-26-23-20-17-14-11-7-3/h8,51-52,56-61,71-72H,4-7,9-50,53-55,62-70H2,1-3H3,(H,86,92)(H,87,93)(H,88,94). The number of hydrogen-bond acceptors (Lipinski definition) is 11. The highest BCUT2D eigenvalue weighted by Crippen LogP contribution is 2.57. The Balaban J connectivity index is 1.12. The van der Waals surface area contributed by atoms with Crippen LogP contribution in [0.3, 0.4) is 0 Å². The van der Waals surface area contributed by atoms with Crippen molar-refractivity contribution in [3.8, 4) is 11.5 Å². The van der Waals surface area contributed by atoms with Crippen molar-refractivity contribution in [1.82, 2.24) is 16.0 Å². The number of hydrogen-bond donors (Lipinski definition) is 3. The summed E-state index contributed by atoms with van der Waals surface area (Å²) in [6.45, 7) is 13.8. The maximum Gasteiger partial charge on any atom is 0.407 e. The fraction of sp³-hybridized carbons (Fsp3) is 0.718. The third-order valence-corrected chi connectivity index (χ3v) is 20.3. The number of nitrogens with zero attached hydrogens (tertiary/aromatic N) is 2. The smallest absolute Gasteiger partial charge is 0.407 e. The SMILES string of the molecule is C=CN(CCOC(=O)NCCCCCCCCCCCCCCCCCC)c1ccc2c(c1)Oc1cc(N(CCOC(=O)NCCCCCCCCCCCCCCCCCC)CCOC(=O)NCCCCCCCCCCCCCCCCCC)ccc1C21OC(=O)c2ccccc21. The Morgan fingerprint density at radius 3 is 1.04 bits per heavy atom. The minimum atomic E-state index is -1.33. The van der Waals surface area contributed by atoms with E-state index >= 15 is 0 Å². The summed E-state index contributed by atoms with van der Waals surface area (Å²) in [7, 11) is 0. The molecule has 99 heavy (non-hydrogen) atoms. The fourth-order valence-corrected chi connectivity index (χ4v) is 14.2. The van der Waals surface area contributed by atoms with Crippen molar-refractivity contribution in [3.05, 3.63) is 95.7 Å². The minimum Gasteiger partial charge on any atom is -0.456 e. The quantitative estimate of drug-likeness (QED) is 0.0281. The Labute approximate surface area is 602 Å². The summed E-state index contributed by atoms with van der Waals surface area (Å²) in [5.74, 6) is 0.509. The average molecular weight is 1380 g/mol. The molecule has 1 unspecified atom stereocenters. The van der Waals surface area contributed by atoms with E-state index in [2.05, 4.69) is 43.3 Å². The van der Waals surface area contributed by atoms with Crippen LogP contribution in [0.25, 0.3) is 0 Å². The molecular formula is C85H139N5O9. The topological polar surface area (TPSA) is 157 Å². The monoisotopic (exact) mass is 1370 g/mol. The second-order valence-electron chi connectivity index (χ2n) is 28.5. The summed E-state index contributed by atoms with van der Waals surface area (Å²) in [4.78, 5) is 56.8. The van der Waals surface area contributed by atoms with Crippen molar-refractivity contribution in [1.29, 1.82) is 0 Å². The first kappa shape index (κ1) is 83.7. The van der Waals surface area contributed by atoms with Crippen LogP contribution in [0.2, 0.25) is 0 Å². The molecule has 0 fully saturated rings. The molecule has 3 amide bonds. The molecule has 2 aliphatic rings. The Kier molecular flexibility index (Phi) is 46.3. The Hall–Kier alpha value is -5.92. The Morgan fingerprint density at radius 1 is 0.394 bits per heavy atom. The summed E-state index contributed by atoms with van der Waals surface area (Å²) in [6, 6.07) is 19.0. The molecule has 3 N–H and O–H groups in total. The first-order valence-corrected chi connectivity index (χ1v) is 40.9. The predicted molar refractivity (Wildman–Crippen MR) is 411 cm³/mol. The van der Waals surface area contributed by atoms with Gasteiger partial charge < -0.3 is 49.4 Å². The molecule has 3 aromatic rings. The highest BCUT2D eigenvalue weighted by molar-refractivity contribution is 5.97. The van der Waals surface area contributed by atoms with E-state index in [9.17, 15) is 19.2 Å². The molecule has 558 valence electrons. The average Bonchev–Trinajstić information content (AvgIpc) is 1.62. The number of benzene rings is 3. The van der Waals surface area contributed by atoms with Crippen LogP contribution in [0.15, 0.2) is 73.4 Å². The molecule has 3 aromatic carbocycles. The van der Waals surface area contributed by atoms with Gasteiger partial charge in [-0.1, -0.05) is 334 Å². The second kappa shape index (κ2) is 54.8. The Morgan fingerprint density at radius 2 is 0.697 bits per heavy atom. The number of esters is 1. The first-order chi connectivity index (χ1) is 48.7. The lowest BCUT2D eigenvalue weighted by atomic mass is 9.77. The van der Waals surface area contributed by atoms with E-state index in [1.807, 2.05) is 64.4 Å². The van der Waals surface area contributed by atoms with E-state index in [1.54, 1.807) is 12.3 Å². The van der Waals surface area contributed by atoms with Crippen molar-refractivity contribution in [3.63, 3.8) is 0 Å². The van der Waals surface area contributed by atoms with Gasteiger partial charge in [-0.25, -0.2) is 19.2 Å². The van der Waals surface area contributed by atoms with E-state index in [0.29, 0.717) is 73.0 Å². The van der Waals surface area contributed by atoms with Gasteiger partial charge in [-0.3, -0.25) is 0 Å². The first-order valence-electron chi connectivity index (χ1n) is 40.9. The second-order valence-corrected chi connectivity index (χ2v) is 28.5. The number of anilines is 2. The number of amides is 3. The predicted octanol–water partition coefficient (Wildman–Crippen LogP) is 24.0. The van der Waals surface area contributed by atoms with E-state index in [-0.39, 0.29) is 19.8 Å². The number of carbonyl (C=O) groups excluding carboxylic acids is 4. The lowest BCUT2D eigenvalue weighted by Gasteiger charge is -2.37. The van der Waals surface area contributed by atoms with Crippen molar-refractivity contribution in [2.24, 2.45) is 0 Å². The Bertz CT molecular complexity index is 2560. The third kappa shape index (κ3) is 34.5. The molecule has 14 heteroatoms. The maximum atomic E-state index is 13.9. The van der Waals surface area contributed by atoms with E-state index in [1.165, 1.54) is 270 Å². The molecule has 2 heterocycles. The molecule has 14 nitrogen and oxygen atoms in total. The van der Waals surface area contributed by atoms with Crippen molar-refractivity contribution >= 4 is 35.6 Å². The maximum absolute atomic E-state index is 13.9. The lowest BCUT2D eigenvalue weighted by molar-refractivity contribution is 0.0224. The van der Waals surface area contributed by atoms with Gasteiger partial charge in [-0.2, -0.15) is 0 Å². The minimum absolute atomic E-state index is 0.0810. The number of nitrogens with one attached hydrogen (secondary N) is 3. The molecule has 0 bridgehead atoms. The van der Waals surface area contributed by atoms with Gasteiger partial charge in [0.15, 0.2) is 5.60 Å².